The van der Waals surface area contributed by atoms with Crippen LogP contribution in [0.3, 0.4) is 0 Å². The van der Waals surface area contributed by atoms with Gasteiger partial charge in [0.25, 0.3) is 5.91 Å². The van der Waals surface area contributed by atoms with E-state index in [2.05, 4.69) is 5.32 Å². The van der Waals surface area contributed by atoms with Gasteiger partial charge in [-0.1, -0.05) is 30.3 Å². The third kappa shape index (κ3) is 4.59. The van der Waals surface area contributed by atoms with E-state index < -0.39 is 24.5 Å². The molecule has 0 spiro atoms. The lowest BCUT2D eigenvalue weighted by Crippen LogP contribution is -2.48. The number of nitrogens with one attached hydrogen (secondary N) is 1. The van der Waals surface area contributed by atoms with Crippen LogP contribution in [0.2, 0.25) is 0 Å². The topological polar surface area (TPSA) is 102 Å². The summed E-state index contributed by atoms with van der Waals surface area (Å²) < 4.78 is 10.7. The molecule has 1 N–H and O–H groups in total. The number of carbonyl (C=O) groups excluding carboxylic acids is 4. The molecule has 3 aliphatic rings. The Kier molecular flexibility index (Phi) is 6.76. The lowest BCUT2D eigenvalue weighted by atomic mass is 9.81. The van der Waals surface area contributed by atoms with Gasteiger partial charge in [-0.25, -0.2) is 4.79 Å². The van der Waals surface area contributed by atoms with Crippen molar-refractivity contribution >= 4 is 29.4 Å². The summed E-state index contributed by atoms with van der Waals surface area (Å²) >= 11 is 0. The monoisotopic (exact) mass is 490 g/mol. The van der Waals surface area contributed by atoms with Crippen molar-refractivity contribution in [3.8, 4) is 5.75 Å². The molecule has 8 nitrogen and oxygen atoms in total. The highest BCUT2D eigenvalue weighted by Gasteiger charge is 2.62. The quantitative estimate of drug-likeness (QED) is 0.428. The fourth-order valence-corrected chi connectivity index (χ4v) is 6.09. The number of likely N-dealkylation sites (tertiary alicyclic amines) is 1. The first-order valence-corrected chi connectivity index (χ1v) is 12.6. The molecule has 2 aliphatic carbocycles. The Balaban J connectivity index is 1.27. The van der Waals surface area contributed by atoms with Crippen molar-refractivity contribution in [2.24, 2.45) is 23.7 Å². The number of imide groups is 1. The summed E-state index contributed by atoms with van der Waals surface area (Å²) in [6, 6.07) is 15.0. The van der Waals surface area contributed by atoms with E-state index in [0.29, 0.717) is 18.0 Å². The summed E-state index contributed by atoms with van der Waals surface area (Å²) in [5.41, 5.74) is 1.34. The summed E-state index contributed by atoms with van der Waals surface area (Å²) in [6.45, 7) is 1.90. The van der Waals surface area contributed by atoms with Crippen molar-refractivity contribution in [1.29, 1.82) is 0 Å². The number of benzene rings is 2. The normalized spacial score (nSPS) is 25.0. The van der Waals surface area contributed by atoms with Crippen LogP contribution >= 0.6 is 0 Å². The summed E-state index contributed by atoms with van der Waals surface area (Å²) in [4.78, 5) is 53.6. The maximum Gasteiger partial charge on any atom is 0.330 e. The number of esters is 1. The highest BCUT2D eigenvalue weighted by Crippen LogP contribution is 2.56. The molecule has 2 aromatic carbocycles. The highest BCUT2D eigenvalue weighted by molar-refractivity contribution is 6.08. The number of hydrogen-bond donors (Lipinski definition) is 1. The number of anilines is 1. The van der Waals surface area contributed by atoms with Gasteiger partial charge >= 0.3 is 5.97 Å². The second-order valence-electron chi connectivity index (χ2n) is 9.75. The first-order valence-electron chi connectivity index (χ1n) is 12.6. The van der Waals surface area contributed by atoms with Crippen molar-refractivity contribution in [2.75, 3.05) is 18.5 Å². The molecule has 0 unspecified atom stereocenters. The van der Waals surface area contributed by atoms with E-state index in [0.717, 1.165) is 29.7 Å². The molecule has 188 valence electrons. The summed E-state index contributed by atoms with van der Waals surface area (Å²) in [7, 11) is 0. The molecule has 1 saturated heterocycles. The smallest absolute Gasteiger partial charge is 0.330 e. The Morgan fingerprint density at radius 3 is 2.22 bits per heavy atom. The molecule has 0 aromatic heterocycles. The van der Waals surface area contributed by atoms with Crippen LogP contribution in [0.15, 0.2) is 54.6 Å². The minimum atomic E-state index is -1.10. The Hall–Kier alpha value is -3.68. The fourth-order valence-electron chi connectivity index (χ4n) is 6.09. The summed E-state index contributed by atoms with van der Waals surface area (Å²) in [6.07, 6.45) is 2.98. The van der Waals surface area contributed by atoms with Crippen LogP contribution in [-0.2, 0) is 30.3 Å². The van der Waals surface area contributed by atoms with Gasteiger partial charge in [-0.3, -0.25) is 19.3 Å². The number of amides is 3. The molecule has 8 heteroatoms. The lowest BCUT2D eigenvalue weighted by molar-refractivity contribution is -0.160. The van der Waals surface area contributed by atoms with Crippen molar-refractivity contribution in [1.82, 2.24) is 4.90 Å². The molecule has 5 atom stereocenters. The molecule has 2 aromatic rings. The molecule has 1 aliphatic heterocycles. The van der Waals surface area contributed by atoms with E-state index in [-0.39, 0.29) is 41.9 Å². The first-order chi connectivity index (χ1) is 17.5. The van der Waals surface area contributed by atoms with Gasteiger partial charge in [-0.2, -0.15) is 0 Å². The molecule has 2 bridgehead atoms. The van der Waals surface area contributed by atoms with E-state index in [4.69, 9.17) is 9.47 Å². The second kappa shape index (κ2) is 10.1. The largest absolute Gasteiger partial charge is 0.494 e. The first kappa shape index (κ1) is 24.0. The third-order valence-electron chi connectivity index (χ3n) is 7.61. The van der Waals surface area contributed by atoms with Crippen LogP contribution in [0.5, 0.6) is 5.75 Å². The standard InChI is InChI=1S/C28H30N2O6/c1-2-35-21-12-10-20(11-13-21)29-23(31)16-36-28(34)22(14-17-6-4-3-5-7-17)30-26(32)24-18-8-9-19(15-18)25(24)27(30)33/h3-7,10-13,18-19,22,24-25H,2,8-9,14-16H2,1H3,(H,29,31)/t18-,19-,22-,24-,25-/m0/s1. The van der Waals surface area contributed by atoms with Gasteiger partial charge in [0, 0.05) is 12.1 Å². The van der Waals surface area contributed by atoms with Crippen LogP contribution < -0.4 is 10.1 Å². The minimum Gasteiger partial charge on any atom is -0.494 e. The molecule has 3 amide bonds. The van der Waals surface area contributed by atoms with Crippen molar-refractivity contribution in [3.05, 3.63) is 60.2 Å². The van der Waals surface area contributed by atoms with E-state index in [1.165, 1.54) is 0 Å². The van der Waals surface area contributed by atoms with Crippen LogP contribution in [-0.4, -0.2) is 47.8 Å². The van der Waals surface area contributed by atoms with Gasteiger partial charge in [0.2, 0.25) is 11.8 Å². The zero-order valence-electron chi connectivity index (χ0n) is 20.2. The number of nitrogens with zero attached hydrogens (tertiary/aromatic N) is 1. The Morgan fingerprint density at radius 2 is 1.61 bits per heavy atom. The molecular weight excluding hydrogens is 460 g/mol. The fraction of sp³-hybridized carbons (Fsp3) is 0.429. The Labute approximate surface area is 209 Å². The molecule has 36 heavy (non-hydrogen) atoms. The number of carbonyl (C=O) groups is 4. The predicted octanol–water partition coefficient (Wildman–Crippen LogP) is 3.21. The predicted molar refractivity (Wildman–Crippen MR) is 131 cm³/mol. The Bertz CT molecular complexity index is 1120. The minimum absolute atomic E-state index is 0.145. The molecule has 0 radical (unpaired) electrons. The van der Waals surface area contributed by atoms with Gasteiger partial charge < -0.3 is 14.8 Å². The van der Waals surface area contributed by atoms with E-state index in [9.17, 15) is 19.2 Å². The zero-order valence-corrected chi connectivity index (χ0v) is 20.2. The summed E-state index contributed by atoms with van der Waals surface area (Å²) in [5, 5.41) is 2.68. The average Bonchev–Trinajstić information content (AvgIpc) is 3.57. The van der Waals surface area contributed by atoms with Crippen LogP contribution in [0, 0.1) is 23.7 Å². The Morgan fingerprint density at radius 1 is 0.972 bits per heavy atom. The van der Waals surface area contributed by atoms with E-state index in [1.54, 1.807) is 24.3 Å². The van der Waals surface area contributed by atoms with Gasteiger partial charge in [-0.05, 0) is 67.9 Å². The molecule has 3 fully saturated rings. The highest BCUT2D eigenvalue weighted by atomic mass is 16.5. The molecule has 1 heterocycles. The van der Waals surface area contributed by atoms with Gasteiger partial charge in [0.1, 0.15) is 11.8 Å². The third-order valence-corrected chi connectivity index (χ3v) is 7.61. The van der Waals surface area contributed by atoms with Gasteiger partial charge in [-0.15, -0.1) is 0 Å². The van der Waals surface area contributed by atoms with Crippen molar-refractivity contribution in [3.63, 3.8) is 0 Å². The maximum absolute atomic E-state index is 13.4. The van der Waals surface area contributed by atoms with Crippen LogP contribution in [0.1, 0.15) is 31.7 Å². The second-order valence-corrected chi connectivity index (χ2v) is 9.75. The number of rotatable bonds is 9. The number of fused-ring (bicyclic) bond motifs is 5. The van der Waals surface area contributed by atoms with Crippen LogP contribution in [0.25, 0.3) is 0 Å². The lowest BCUT2D eigenvalue weighted by Gasteiger charge is -2.26. The van der Waals surface area contributed by atoms with Crippen LogP contribution in [0.4, 0.5) is 5.69 Å². The average molecular weight is 491 g/mol. The molecular formula is C28H30N2O6. The van der Waals surface area contributed by atoms with Gasteiger partial charge in [0.05, 0.1) is 18.4 Å². The van der Waals surface area contributed by atoms with E-state index in [1.807, 2.05) is 37.3 Å². The molecule has 5 rings (SSSR count). The van der Waals surface area contributed by atoms with E-state index >= 15 is 0 Å². The zero-order chi connectivity index (χ0) is 25.2. The molecule has 2 saturated carbocycles. The van der Waals surface area contributed by atoms with Gasteiger partial charge in [0.15, 0.2) is 6.61 Å². The maximum atomic E-state index is 13.4. The summed E-state index contributed by atoms with van der Waals surface area (Å²) in [5.74, 6) is -1.35. The van der Waals surface area contributed by atoms with Crippen molar-refractivity contribution in [2.45, 2.75) is 38.6 Å². The SMILES string of the molecule is CCOc1ccc(NC(=O)COC(=O)[C@H](Cc2ccccc2)N2C(=O)[C@H]3[C@H]4CC[C@@H](C4)[C@@H]3C2=O)cc1. The number of ether oxygens (including phenoxy) is 2. The number of hydrogen-bond acceptors (Lipinski definition) is 6. The van der Waals surface area contributed by atoms with Crippen molar-refractivity contribution < 1.29 is 28.7 Å².